The molecule has 8 heteroatoms. The summed E-state index contributed by atoms with van der Waals surface area (Å²) in [7, 11) is 0. The first-order chi connectivity index (χ1) is 14.8. The molecule has 6 aromatic heterocycles. The molecule has 0 unspecified atom stereocenters. The van der Waals surface area contributed by atoms with Crippen LogP contribution in [0.3, 0.4) is 0 Å². The number of hydrogen-bond acceptors (Lipinski definition) is 5. The van der Waals surface area contributed by atoms with Gasteiger partial charge in [0, 0.05) is 45.4 Å². The Morgan fingerprint density at radius 2 is 1.83 bits per heavy atom. The maximum atomic E-state index is 13.6. The van der Waals surface area contributed by atoms with E-state index in [0.717, 1.165) is 60.8 Å². The molecule has 0 spiro atoms. The van der Waals surface area contributed by atoms with Gasteiger partial charge in [-0.05, 0) is 42.5 Å². The number of aromatic amines is 2. The fourth-order valence-corrected chi connectivity index (χ4v) is 4.38. The topological polar surface area (TPSA) is 83.1 Å². The van der Waals surface area contributed by atoms with Crippen LogP contribution in [0.15, 0.2) is 67.1 Å². The lowest BCUT2D eigenvalue weighted by molar-refractivity contribution is 0.657. The fraction of sp³-hybridized carbons (Fsp3) is 0. The molecular formula is C22H13FN6S. The molecule has 0 amide bonds. The molecule has 0 bridgehead atoms. The van der Waals surface area contributed by atoms with Gasteiger partial charge in [0.05, 0.1) is 11.4 Å². The summed E-state index contributed by atoms with van der Waals surface area (Å²) in [5.74, 6) is 0. The Bertz CT molecular complexity index is 1520. The molecule has 0 aliphatic rings. The molecule has 0 fully saturated rings. The van der Waals surface area contributed by atoms with E-state index < -0.39 is 0 Å². The van der Waals surface area contributed by atoms with Crippen molar-refractivity contribution in [2.24, 2.45) is 0 Å². The van der Waals surface area contributed by atoms with Crippen molar-refractivity contribution < 1.29 is 4.39 Å². The second-order valence-corrected chi connectivity index (χ2v) is 7.85. The first-order valence-corrected chi connectivity index (χ1v) is 10.1. The summed E-state index contributed by atoms with van der Waals surface area (Å²) in [6.07, 6.45) is 5.26. The Hall–Kier alpha value is -3.91. The SMILES string of the molecule is Fc1ccc(-c2ccnc3[nH]c(-c4n[nH]c5ncc(-c6ccccn6)cc45)cc23)s1. The Balaban J connectivity index is 1.52. The summed E-state index contributed by atoms with van der Waals surface area (Å²) in [5.41, 5.74) is 5.67. The second kappa shape index (κ2) is 6.57. The van der Waals surface area contributed by atoms with Gasteiger partial charge in [-0.1, -0.05) is 6.07 Å². The molecule has 0 saturated carbocycles. The number of H-pyrrole nitrogens is 2. The van der Waals surface area contributed by atoms with Crippen LogP contribution in [0.2, 0.25) is 0 Å². The first kappa shape index (κ1) is 17.0. The number of nitrogens with one attached hydrogen (secondary N) is 2. The van der Waals surface area contributed by atoms with Crippen LogP contribution in [0.25, 0.3) is 55.2 Å². The maximum Gasteiger partial charge on any atom is 0.176 e. The molecule has 6 rings (SSSR count). The van der Waals surface area contributed by atoms with Crippen LogP contribution >= 0.6 is 11.3 Å². The summed E-state index contributed by atoms with van der Waals surface area (Å²) < 4.78 is 13.6. The largest absolute Gasteiger partial charge is 0.338 e. The molecule has 6 nitrogen and oxygen atoms in total. The quantitative estimate of drug-likeness (QED) is 0.406. The van der Waals surface area contributed by atoms with Crippen molar-refractivity contribution in [3.8, 4) is 33.1 Å². The molecule has 6 aromatic rings. The minimum atomic E-state index is -0.211. The molecule has 0 aromatic carbocycles. The Labute approximate surface area is 173 Å². The summed E-state index contributed by atoms with van der Waals surface area (Å²) in [4.78, 5) is 17.5. The molecule has 144 valence electrons. The molecule has 30 heavy (non-hydrogen) atoms. The summed E-state index contributed by atoms with van der Waals surface area (Å²) in [6, 6.07) is 15.0. The number of halogens is 1. The number of thiophene rings is 1. The maximum absolute atomic E-state index is 13.6. The zero-order valence-electron chi connectivity index (χ0n) is 15.4. The first-order valence-electron chi connectivity index (χ1n) is 9.25. The second-order valence-electron chi connectivity index (χ2n) is 6.81. The van der Waals surface area contributed by atoms with Crippen LogP contribution in [0, 0.1) is 5.13 Å². The number of pyridine rings is 3. The lowest BCUT2D eigenvalue weighted by atomic mass is 10.1. The van der Waals surface area contributed by atoms with Gasteiger partial charge in [0.25, 0.3) is 0 Å². The third-order valence-corrected chi connectivity index (χ3v) is 5.91. The summed E-state index contributed by atoms with van der Waals surface area (Å²) >= 11 is 1.12. The highest BCUT2D eigenvalue weighted by molar-refractivity contribution is 7.14. The van der Waals surface area contributed by atoms with Crippen LogP contribution in [-0.2, 0) is 0 Å². The van der Waals surface area contributed by atoms with Crippen molar-refractivity contribution in [2.45, 2.75) is 0 Å². The van der Waals surface area contributed by atoms with E-state index in [-0.39, 0.29) is 5.13 Å². The smallest absolute Gasteiger partial charge is 0.176 e. The van der Waals surface area contributed by atoms with E-state index >= 15 is 0 Å². The normalized spacial score (nSPS) is 11.5. The van der Waals surface area contributed by atoms with E-state index in [9.17, 15) is 4.39 Å². The van der Waals surface area contributed by atoms with Gasteiger partial charge >= 0.3 is 0 Å². The van der Waals surface area contributed by atoms with E-state index in [1.54, 1.807) is 24.7 Å². The van der Waals surface area contributed by atoms with Gasteiger partial charge in [-0.25, -0.2) is 9.97 Å². The van der Waals surface area contributed by atoms with Crippen molar-refractivity contribution in [1.29, 1.82) is 0 Å². The van der Waals surface area contributed by atoms with Gasteiger partial charge in [0.1, 0.15) is 11.3 Å². The standard InChI is InChI=1S/C22H13FN6S/c23-19-5-4-18(30-19)13-6-8-25-21-14(13)10-17(27-21)20-15-9-12(11-26-22(15)29-28-20)16-3-1-2-7-24-16/h1-11H,(H,25,27)(H,26,28,29). The molecule has 0 aliphatic carbocycles. The zero-order valence-corrected chi connectivity index (χ0v) is 16.2. The number of rotatable bonds is 3. The van der Waals surface area contributed by atoms with E-state index in [2.05, 4.69) is 30.1 Å². The predicted molar refractivity (Wildman–Crippen MR) is 115 cm³/mol. The van der Waals surface area contributed by atoms with Crippen LogP contribution in [0.5, 0.6) is 0 Å². The van der Waals surface area contributed by atoms with Crippen molar-refractivity contribution in [1.82, 2.24) is 30.1 Å². The van der Waals surface area contributed by atoms with Gasteiger partial charge in [0.15, 0.2) is 10.8 Å². The van der Waals surface area contributed by atoms with E-state index in [1.807, 2.05) is 36.4 Å². The molecule has 0 atom stereocenters. The average molecular weight is 412 g/mol. The minimum Gasteiger partial charge on any atom is -0.338 e. The molecule has 0 radical (unpaired) electrons. The summed E-state index contributed by atoms with van der Waals surface area (Å²) in [5, 5.41) is 9.06. The van der Waals surface area contributed by atoms with Crippen molar-refractivity contribution in [2.75, 3.05) is 0 Å². The Morgan fingerprint density at radius 1 is 0.867 bits per heavy atom. The third kappa shape index (κ3) is 2.69. The lowest BCUT2D eigenvalue weighted by Gasteiger charge is -2.00. The Kier molecular flexibility index (Phi) is 3.72. The third-order valence-electron chi connectivity index (χ3n) is 5.00. The minimum absolute atomic E-state index is 0.211. The molecular weight excluding hydrogens is 399 g/mol. The van der Waals surface area contributed by atoms with Gasteiger partial charge in [-0.2, -0.15) is 9.49 Å². The van der Waals surface area contributed by atoms with E-state index in [1.165, 1.54) is 6.07 Å². The van der Waals surface area contributed by atoms with Gasteiger partial charge in [-0.15, -0.1) is 11.3 Å². The van der Waals surface area contributed by atoms with Gasteiger partial charge < -0.3 is 4.98 Å². The fourth-order valence-electron chi connectivity index (χ4n) is 3.61. The van der Waals surface area contributed by atoms with Crippen molar-refractivity contribution in [3.63, 3.8) is 0 Å². The highest BCUT2D eigenvalue weighted by Crippen LogP contribution is 2.36. The van der Waals surface area contributed by atoms with E-state index in [4.69, 9.17) is 0 Å². The number of nitrogens with zero attached hydrogens (tertiary/aromatic N) is 4. The molecule has 0 aliphatic heterocycles. The lowest BCUT2D eigenvalue weighted by Crippen LogP contribution is -1.85. The highest BCUT2D eigenvalue weighted by atomic mass is 32.1. The van der Waals surface area contributed by atoms with Crippen molar-refractivity contribution >= 4 is 33.4 Å². The highest BCUT2D eigenvalue weighted by Gasteiger charge is 2.16. The Morgan fingerprint density at radius 3 is 2.67 bits per heavy atom. The van der Waals surface area contributed by atoms with Crippen LogP contribution in [0.1, 0.15) is 0 Å². The summed E-state index contributed by atoms with van der Waals surface area (Å²) in [6.45, 7) is 0. The average Bonchev–Trinajstić information content (AvgIpc) is 3.51. The monoisotopic (exact) mass is 412 g/mol. The predicted octanol–water partition coefficient (Wildman–Crippen LogP) is 5.43. The molecule has 0 saturated heterocycles. The van der Waals surface area contributed by atoms with E-state index in [0.29, 0.717) is 5.65 Å². The molecule has 6 heterocycles. The zero-order chi connectivity index (χ0) is 20.1. The number of aromatic nitrogens is 6. The van der Waals surface area contributed by atoms with Crippen LogP contribution < -0.4 is 0 Å². The van der Waals surface area contributed by atoms with Crippen LogP contribution in [0.4, 0.5) is 4.39 Å². The van der Waals surface area contributed by atoms with Crippen molar-refractivity contribution in [3.05, 3.63) is 72.3 Å². The van der Waals surface area contributed by atoms with Crippen LogP contribution in [-0.4, -0.2) is 30.1 Å². The van der Waals surface area contributed by atoms with Gasteiger partial charge in [-0.3, -0.25) is 10.1 Å². The number of fused-ring (bicyclic) bond motifs is 2. The number of hydrogen-bond donors (Lipinski definition) is 2. The molecule has 2 N–H and O–H groups in total. The van der Waals surface area contributed by atoms with Gasteiger partial charge in [0.2, 0.25) is 0 Å².